The van der Waals surface area contributed by atoms with Gasteiger partial charge in [-0.2, -0.15) is 4.31 Å². The van der Waals surface area contributed by atoms with Gasteiger partial charge < -0.3 is 0 Å². The molecule has 4 rings (SSSR count). The van der Waals surface area contributed by atoms with Gasteiger partial charge in [-0.1, -0.05) is 68.4 Å². The Morgan fingerprint density at radius 3 is 2.48 bits per heavy atom. The molecule has 1 unspecified atom stereocenters. The minimum Gasteiger partial charge on any atom is -0.293 e. The third kappa shape index (κ3) is 3.68. The first kappa shape index (κ1) is 18.7. The second kappa shape index (κ2) is 7.04. The van der Waals surface area contributed by atoms with Crippen molar-refractivity contribution in [2.24, 2.45) is 0 Å². The molecule has 0 aromatic heterocycles. The largest absolute Gasteiger partial charge is 0.293 e. The predicted molar refractivity (Wildman–Crippen MR) is 109 cm³/mol. The highest BCUT2D eigenvalue weighted by molar-refractivity contribution is 7.89. The lowest BCUT2D eigenvalue weighted by molar-refractivity contribution is 0.0808. The summed E-state index contributed by atoms with van der Waals surface area (Å²) in [6, 6.07) is 18.6. The van der Waals surface area contributed by atoms with Gasteiger partial charge in [0.1, 0.15) is 0 Å². The summed E-state index contributed by atoms with van der Waals surface area (Å²) in [4.78, 5) is 2.46. The fraction of sp³-hybridized carbons (Fsp3) is 0.455. The molecule has 2 aromatic rings. The highest BCUT2D eigenvalue weighted by Gasteiger charge is 2.42. The van der Waals surface area contributed by atoms with Crippen LogP contribution in [0.3, 0.4) is 0 Å². The van der Waals surface area contributed by atoms with Crippen molar-refractivity contribution in [2.45, 2.75) is 31.7 Å². The van der Waals surface area contributed by atoms with Crippen molar-refractivity contribution >= 4 is 10.0 Å². The maximum Gasteiger partial charge on any atom is 0.214 e. The quantitative estimate of drug-likeness (QED) is 0.813. The number of sulfonamides is 1. The SMILES string of the molecule is CC1(C)CN2CCN(S(=O)(=O)CCc3ccccc3)CC2c2ccccc21. The molecule has 144 valence electrons. The average molecular weight is 385 g/mol. The number of rotatable bonds is 4. The Hall–Kier alpha value is -1.69. The fourth-order valence-electron chi connectivity index (χ4n) is 4.55. The number of piperazine rings is 1. The monoisotopic (exact) mass is 384 g/mol. The molecule has 2 aromatic carbocycles. The summed E-state index contributed by atoms with van der Waals surface area (Å²) in [5, 5.41) is 0. The van der Waals surface area contributed by atoms with Crippen LogP contribution in [0.5, 0.6) is 0 Å². The molecule has 4 nitrogen and oxygen atoms in total. The van der Waals surface area contributed by atoms with Crippen LogP contribution in [0.15, 0.2) is 54.6 Å². The minimum atomic E-state index is -3.26. The zero-order valence-corrected chi connectivity index (χ0v) is 17.0. The molecule has 0 saturated carbocycles. The average Bonchev–Trinajstić information content (AvgIpc) is 2.67. The molecule has 2 heterocycles. The summed E-state index contributed by atoms with van der Waals surface area (Å²) >= 11 is 0. The number of nitrogens with zero attached hydrogens (tertiary/aromatic N) is 2. The lowest BCUT2D eigenvalue weighted by Gasteiger charge is -2.49. The molecule has 0 radical (unpaired) electrons. The molecule has 0 N–H and O–H groups in total. The van der Waals surface area contributed by atoms with Crippen LogP contribution in [0, 0.1) is 0 Å². The summed E-state index contributed by atoms with van der Waals surface area (Å²) in [6.07, 6.45) is 0.567. The van der Waals surface area contributed by atoms with E-state index < -0.39 is 10.0 Å². The summed E-state index contributed by atoms with van der Waals surface area (Å²) in [7, 11) is -3.26. The van der Waals surface area contributed by atoms with Gasteiger partial charge in [0.2, 0.25) is 10.0 Å². The Morgan fingerprint density at radius 2 is 1.70 bits per heavy atom. The van der Waals surface area contributed by atoms with Crippen molar-refractivity contribution in [3.05, 3.63) is 71.3 Å². The number of hydrogen-bond donors (Lipinski definition) is 0. The summed E-state index contributed by atoms with van der Waals surface area (Å²) < 4.78 is 27.7. The molecular weight excluding hydrogens is 356 g/mol. The van der Waals surface area contributed by atoms with Crippen LogP contribution < -0.4 is 0 Å². The zero-order valence-electron chi connectivity index (χ0n) is 16.1. The van der Waals surface area contributed by atoms with Crippen molar-refractivity contribution in [3.8, 4) is 0 Å². The van der Waals surface area contributed by atoms with Crippen LogP contribution in [-0.4, -0.2) is 49.6 Å². The van der Waals surface area contributed by atoms with Gasteiger partial charge in [0.05, 0.1) is 5.75 Å². The van der Waals surface area contributed by atoms with E-state index in [0.29, 0.717) is 19.5 Å². The maximum absolute atomic E-state index is 13.0. The van der Waals surface area contributed by atoms with Crippen molar-refractivity contribution in [2.75, 3.05) is 31.9 Å². The van der Waals surface area contributed by atoms with Gasteiger partial charge in [0, 0.05) is 37.6 Å². The Bertz CT molecular complexity index is 909. The number of aryl methyl sites for hydroxylation is 1. The van der Waals surface area contributed by atoms with Gasteiger partial charge in [-0.3, -0.25) is 4.90 Å². The van der Waals surface area contributed by atoms with Gasteiger partial charge in [-0.25, -0.2) is 8.42 Å². The van der Waals surface area contributed by atoms with Crippen LogP contribution in [0.4, 0.5) is 0 Å². The van der Waals surface area contributed by atoms with Crippen LogP contribution >= 0.6 is 0 Å². The zero-order chi connectivity index (χ0) is 19.1. The van der Waals surface area contributed by atoms with E-state index in [0.717, 1.165) is 18.7 Å². The van der Waals surface area contributed by atoms with Crippen LogP contribution in [-0.2, 0) is 21.9 Å². The summed E-state index contributed by atoms with van der Waals surface area (Å²) in [6.45, 7) is 7.49. The molecule has 27 heavy (non-hydrogen) atoms. The Morgan fingerprint density at radius 1 is 1.00 bits per heavy atom. The molecule has 0 aliphatic carbocycles. The van der Waals surface area contributed by atoms with E-state index >= 15 is 0 Å². The molecule has 2 aliphatic rings. The van der Waals surface area contributed by atoms with Gasteiger partial charge in [0.25, 0.3) is 0 Å². The number of fused-ring (bicyclic) bond motifs is 3. The predicted octanol–water partition coefficient (Wildman–Crippen LogP) is 3.21. The van der Waals surface area contributed by atoms with Gasteiger partial charge >= 0.3 is 0 Å². The van der Waals surface area contributed by atoms with E-state index in [2.05, 4.69) is 43.0 Å². The van der Waals surface area contributed by atoms with E-state index in [1.165, 1.54) is 11.1 Å². The number of benzene rings is 2. The minimum absolute atomic E-state index is 0.0987. The third-order valence-electron chi connectivity index (χ3n) is 5.99. The van der Waals surface area contributed by atoms with Crippen molar-refractivity contribution in [1.82, 2.24) is 9.21 Å². The topological polar surface area (TPSA) is 40.6 Å². The number of hydrogen-bond acceptors (Lipinski definition) is 3. The first-order valence-electron chi connectivity index (χ1n) is 9.72. The Labute approximate surface area is 162 Å². The standard InChI is InChI=1S/C22H28N2O2S/c1-22(2)17-23-13-14-24(16-21(23)19-10-6-7-11-20(19)22)27(25,26)15-12-18-8-4-3-5-9-18/h3-11,21H,12-17H2,1-2H3. The lowest BCUT2D eigenvalue weighted by atomic mass is 9.75. The van der Waals surface area contributed by atoms with Crippen LogP contribution in [0.1, 0.15) is 36.6 Å². The molecule has 2 aliphatic heterocycles. The maximum atomic E-state index is 13.0. The van der Waals surface area contributed by atoms with Crippen molar-refractivity contribution < 1.29 is 8.42 Å². The third-order valence-corrected chi connectivity index (χ3v) is 7.82. The van der Waals surface area contributed by atoms with E-state index in [1.54, 1.807) is 4.31 Å². The van der Waals surface area contributed by atoms with Crippen molar-refractivity contribution in [1.29, 1.82) is 0 Å². The second-order valence-corrected chi connectivity index (χ2v) is 10.5. The Kier molecular flexibility index (Phi) is 4.87. The lowest BCUT2D eigenvalue weighted by Crippen LogP contribution is -2.56. The first-order chi connectivity index (χ1) is 12.9. The van der Waals surface area contributed by atoms with Crippen LogP contribution in [0.25, 0.3) is 0 Å². The molecule has 0 amide bonds. The van der Waals surface area contributed by atoms with Gasteiger partial charge in [0.15, 0.2) is 0 Å². The molecule has 0 spiro atoms. The van der Waals surface area contributed by atoms with E-state index in [1.807, 2.05) is 30.3 Å². The summed E-state index contributed by atoms with van der Waals surface area (Å²) in [5.74, 6) is 0.177. The highest BCUT2D eigenvalue weighted by atomic mass is 32.2. The molecule has 0 bridgehead atoms. The molecular formula is C22H28N2O2S. The molecule has 1 fully saturated rings. The van der Waals surface area contributed by atoms with Gasteiger partial charge in [-0.05, 0) is 23.1 Å². The van der Waals surface area contributed by atoms with E-state index in [-0.39, 0.29) is 17.2 Å². The van der Waals surface area contributed by atoms with Crippen molar-refractivity contribution in [3.63, 3.8) is 0 Å². The van der Waals surface area contributed by atoms with E-state index in [4.69, 9.17) is 0 Å². The van der Waals surface area contributed by atoms with Gasteiger partial charge in [-0.15, -0.1) is 0 Å². The Balaban J connectivity index is 1.53. The summed E-state index contributed by atoms with van der Waals surface area (Å²) in [5.41, 5.74) is 3.82. The molecule has 1 saturated heterocycles. The first-order valence-corrected chi connectivity index (χ1v) is 11.3. The van der Waals surface area contributed by atoms with Crippen LogP contribution in [0.2, 0.25) is 0 Å². The second-order valence-electron chi connectivity index (χ2n) is 8.37. The van der Waals surface area contributed by atoms with E-state index in [9.17, 15) is 8.42 Å². The fourth-order valence-corrected chi connectivity index (χ4v) is 6.03. The normalized spacial score (nSPS) is 22.8. The molecule has 5 heteroatoms. The molecule has 1 atom stereocenters. The highest BCUT2D eigenvalue weighted by Crippen LogP contribution is 2.41. The smallest absolute Gasteiger partial charge is 0.214 e.